The van der Waals surface area contributed by atoms with Crippen molar-refractivity contribution in [2.75, 3.05) is 37.7 Å². The Morgan fingerprint density at radius 3 is 2.52 bits per heavy atom. The van der Waals surface area contributed by atoms with Crippen LogP contribution in [0, 0.1) is 5.92 Å². The van der Waals surface area contributed by atoms with Crippen LogP contribution in [-0.2, 0) is 14.3 Å². The predicted octanol–water partition coefficient (Wildman–Crippen LogP) is 1.05. The van der Waals surface area contributed by atoms with E-state index in [0.717, 1.165) is 18.5 Å². The van der Waals surface area contributed by atoms with E-state index in [0.29, 0.717) is 38.6 Å². The molecule has 23 heavy (non-hydrogen) atoms. The van der Waals surface area contributed by atoms with Gasteiger partial charge in [-0.15, -0.1) is 0 Å². The molecule has 0 N–H and O–H groups in total. The molecule has 0 radical (unpaired) electrons. The van der Waals surface area contributed by atoms with Gasteiger partial charge >= 0.3 is 0 Å². The molecular weight excluding hydrogens is 296 g/mol. The molecule has 1 aromatic rings. The van der Waals surface area contributed by atoms with Gasteiger partial charge in [-0.25, -0.2) is 0 Å². The number of hydrogen-bond acceptors (Lipinski definition) is 4. The highest BCUT2D eigenvalue weighted by Crippen LogP contribution is 2.38. The third-order valence-corrected chi connectivity index (χ3v) is 4.56. The highest BCUT2D eigenvalue weighted by atomic mass is 16.5. The standard InChI is InChI=1S/C17H20N2O4/c20-16(12-5-6-12)19-11-15(17(21)18-7-9-22-10-8-18)23-14-4-2-1-3-13(14)19/h1-4,12,15H,5-11H2. The van der Waals surface area contributed by atoms with Crippen LogP contribution in [0.4, 0.5) is 5.69 Å². The van der Waals surface area contributed by atoms with Gasteiger partial charge in [0.25, 0.3) is 5.91 Å². The number of hydrogen-bond donors (Lipinski definition) is 0. The zero-order chi connectivity index (χ0) is 15.8. The summed E-state index contributed by atoms with van der Waals surface area (Å²) in [5.74, 6) is 0.775. The molecule has 1 saturated heterocycles. The molecule has 4 rings (SSSR count). The number of morpholine rings is 1. The number of carbonyl (C=O) groups excluding carboxylic acids is 2. The Labute approximate surface area is 134 Å². The second-order valence-electron chi connectivity index (χ2n) is 6.23. The molecule has 2 heterocycles. The van der Waals surface area contributed by atoms with Crippen LogP contribution in [0.25, 0.3) is 0 Å². The van der Waals surface area contributed by atoms with Gasteiger partial charge in [-0.05, 0) is 25.0 Å². The summed E-state index contributed by atoms with van der Waals surface area (Å²) in [6.45, 7) is 2.57. The lowest BCUT2D eigenvalue weighted by Crippen LogP contribution is -2.54. The van der Waals surface area contributed by atoms with E-state index in [2.05, 4.69) is 0 Å². The summed E-state index contributed by atoms with van der Waals surface area (Å²) in [6, 6.07) is 7.45. The zero-order valence-corrected chi connectivity index (χ0v) is 12.9. The van der Waals surface area contributed by atoms with Crippen molar-refractivity contribution in [2.45, 2.75) is 18.9 Å². The molecule has 3 aliphatic rings. The van der Waals surface area contributed by atoms with E-state index >= 15 is 0 Å². The molecule has 1 atom stereocenters. The first kappa shape index (κ1) is 14.5. The number of para-hydroxylation sites is 2. The Hall–Kier alpha value is -2.08. The lowest BCUT2D eigenvalue weighted by molar-refractivity contribution is -0.142. The van der Waals surface area contributed by atoms with Crippen LogP contribution in [0.1, 0.15) is 12.8 Å². The van der Waals surface area contributed by atoms with Gasteiger partial charge in [0.2, 0.25) is 5.91 Å². The molecule has 2 amide bonds. The summed E-state index contributed by atoms with van der Waals surface area (Å²) >= 11 is 0. The van der Waals surface area contributed by atoms with Crippen molar-refractivity contribution >= 4 is 17.5 Å². The Kier molecular flexibility index (Phi) is 3.69. The van der Waals surface area contributed by atoms with E-state index < -0.39 is 6.10 Å². The van der Waals surface area contributed by atoms with Gasteiger partial charge in [-0.1, -0.05) is 12.1 Å². The number of nitrogens with zero attached hydrogens (tertiary/aromatic N) is 2. The molecule has 0 aromatic heterocycles. The molecule has 2 aliphatic heterocycles. The Morgan fingerprint density at radius 1 is 1.04 bits per heavy atom. The molecule has 1 saturated carbocycles. The van der Waals surface area contributed by atoms with Crippen molar-refractivity contribution < 1.29 is 19.1 Å². The molecule has 6 heteroatoms. The van der Waals surface area contributed by atoms with Gasteiger partial charge in [-0.3, -0.25) is 9.59 Å². The highest BCUT2D eigenvalue weighted by molar-refractivity contribution is 5.99. The Balaban J connectivity index is 1.58. The first-order valence-corrected chi connectivity index (χ1v) is 8.17. The molecule has 1 aliphatic carbocycles. The van der Waals surface area contributed by atoms with Gasteiger partial charge in [0.05, 0.1) is 25.4 Å². The third-order valence-electron chi connectivity index (χ3n) is 4.56. The van der Waals surface area contributed by atoms with E-state index in [4.69, 9.17) is 9.47 Å². The number of carbonyl (C=O) groups is 2. The Morgan fingerprint density at radius 2 is 1.78 bits per heavy atom. The molecule has 1 unspecified atom stereocenters. The minimum absolute atomic E-state index is 0.0589. The van der Waals surface area contributed by atoms with Crippen molar-refractivity contribution in [3.8, 4) is 5.75 Å². The van der Waals surface area contributed by atoms with Gasteiger partial charge in [-0.2, -0.15) is 0 Å². The molecule has 1 aromatic carbocycles. The summed E-state index contributed by atoms with van der Waals surface area (Å²) in [5, 5.41) is 0. The number of anilines is 1. The minimum Gasteiger partial charge on any atom is -0.476 e. The second kappa shape index (κ2) is 5.85. The van der Waals surface area contributed by atoms with Crippen molar-refractivity contribution in [2.24, 2.45) is 5.92 Å². The van der Waals surface area contributed by atoms with Crippen LogP contribution in [0.15, 0.2) is 24.3 Å². The SMILES string of the molecule is O=C(C1CN(C(=O)C2CC2)c2ccccc2O1)N1CCOCC1. The van der Waals surface area contributed by atoms with Crippen molar-refractivity contribution in [1.82, 2.24) is 4.90 Å². The smallest absolute Gasteiger partial charge is 0.265 e. The fourth-order valence-electron chi connectivity index (χ4n) is 3.11. The number of rotatable bonds is 2. The fraction of sp³-hybridized carbons (Fsp3) is 0.529. The normalized spacial score (nSPS) is 23.9. The first-order chi connectivity index (χ1) is 11.2. The maximum atomic E-state index is 12.7. The average molecular weight is 316 g/mol. The van der Waals surface area contributed by atoms with Gasteiger partial charge in [0.15, 0.2) is 6.10 Å². The molecule has 2 fully saturated rings. The quantitative estimate of drug-likeness (QED) is 0.818. The zero-order valence-electron chi connectivity index (χ0n) is 12.9. The van der Waals surface area contributed by atoms with Gasteiger partial charge in [0, 0.05) is 19.0 Å². The van der Waals surface area contributed by atoms with E-state index in [9.17, 15) is 9.59 Å². The summed E-state index contributed by atoms with van der Waals surface area (Å²) in [5.41, 5.74) is 0.774. The average Bonchev–Trinajstić information content (AvgIpc) is 3.45. The lowest BCUT2D eigenvalue weighted by Gasteiger charge is -2.37. The largest absolute Gasteiger partial charge is 0.476 e. The topological polar surface area (TPSA) is 59.1 Å². The maximum absolute atomic E-state index is 12.7. The van der Waals surface area contributed by atoms with Crippen molar-refractivity contribution in [3.63, 3.8) is 0 Å². The monoisotopic (exact) mass is 316 g/mol. The van der Waals surface area contributed by atoms with Crippen LogP contribution in [0.3, 0.4) is 0 Å². The third kappa shape index (κ3) is 2.79. The molecule has 0 spiro atoms. The van der Waals surface area contributed by atoms with Gasteiger partial charge in [0.1, 0.15) is 5.75 Å². The fourth-order valence-corrected chi connectivity index (χ4v) is 3.11. The first-order valence-electron chi connectivity index (χ1n) is 8.17. The number of benzene rings is 1. The van der Waals surface area contributed by atoms with Crippen LogP contribution in [-0.4, -0.2) is 55.7 Å². The van der Waals surface area contributed by atoms with Crippen LogP contribution >= 0.6 is 0 Å². The van der Waals surface area contributed by atoms with E-state index in [1.165, 1.54) is 0 Å². The van der Waals surface area contributed by atoms with Crippen LogP contribution in [0.2, 0.25) is 0 Å². The van der Waals surface area contributed by atoms with E-state index in [1.54, 1.807) is 9.80 Å². The summed E-state index contributed by atoms with van der Waals surface area (Å²) in [4.78, 5) is 28.8. The van der Waals surface area contributed by atoms with Crippen molar-refractivity contribution in [3.05, 3.63) is 24.3 Å². The molecular formula is C17H20N2O4. The summed E-state index contributed by atoms with van der Waals surface area (Å²) < 4.78 is 11.2. The number of amides is 2. The lowest BCUT2D eigenvalue weighted by atomic mass is 10.1. The van der Waals surface area contributed by atoms with E-state index in [1.807, 2.05) is 24.3 Å². The maximum Gasteiger partial charge on any atom is 0.265 e. The van der Waals surface area contributed by atoms with Crippen molar-refractivity contribution in [1.29, 1.82) is 0 Å². The summed E-state index contributed by atoms with van der Waals surface area (Å²) in [6.07, 6.45) is 1.26. The van der Waals surface area contributed by atoms with E-state index in [-0.39, 0.29) is 17.7 Å². The number of ether oxygens (including phenoxy) is 2. The second-order valence-corrected chi connectivity index (χ2v) is 6.23. The molecule has 0 bridgehead atoms. The molecule has 6 nitrogen and oxygen atoms in total. The molecule has 122 valence electrons. The minimum atomic E-state index is -0.634. The van der Waals surface area contributed by atoms with Gasteiger partial charge < -0.3 is 19.3 Å². The van der Waals surface area contributed by atoms with Crippen LogP contribution < -0.4 is 9.64 Å². The highest BCUT2D eigenvalue weighted by Gasteiger charge is 2.41. The van der Waals surface area contributed by atoms with Crippen LogP contribution in [0.5, 0.6) is 5.75 Å². The number of fused-ring (bicyclic) bond motifs is 1. The summed E-state index contributed by atoms with van der Waals surface area (Å²) in [7, 11) is 0. The predicted molar refractivity (Wildman–Crippen MR) is 83.3 cm³/mol. The Bertz CT molecular complexity index is 623.